The molecule has 3 fully saturated rings. The lowest BCUT2D eigenvalue weighted by molar-refractivity contribution is -0.143. The van der Waals surface area contributed by atoms with E-state index in [9.17, 15) is 5.11 Å². The normalized spacial score (nSPS) is 49.5. The van der Waals surface area contributed by atoms with E-state index in [1.165, 1.54) is 6.54 Å². The zero-order chi connectivity index (χ0) is 13.2. The number of fused-ring (bicyclic) bond motifs is 2. The number of aliphatic hydroxyl groups is 1. The highest BCUT2D eigenvalue weighted by Crippen LogP contribution is 2.53. The summed E-state index contributed by atoms with van der Waals surface area (Å²) in [6, 6.07) is 0. The Morgan fingerprint density at radius 2 is 1.89 bits per heavy atom. The summed E-state index contributed by atoms with van der Waals surface area (Å²) in [5, 5.41) is 11.3. The second-order valence-corrected chi connectivity index (χ2v) is 7.75. The lowest BCUT2D eigenvalue weighted by Crippen LogP contribution is -2.55. The standard InChI is InChI=1S/C15H27NO2/c1-13(2)9-12(14(3,4)18-13)15(17)6-8-16-7-5-11(15)10-16/h11-12,17H,5-10H2,1-4H3. The number of ether oxygens (including phenoxy) is 1. The highest BCUT2D eigenvalue weighted by molar-refractivity contribution is 5.09. The van der Waals surface area contributed by atoms with Gasteiger partial charge in [-0.2, -0.15) is 0 Å². The molecule has 2 bridgehead atoms. The third-order valence-electron chi connectivity index (χ3n) is 5.49. The van der Waals surface area contributed by atoms with Crippen LogP contribution in [0.5, 0.6) is 0 Å². The Morgan fingerprint density at radius 3 is 2.50 bits per heavy atom. The van der Waals surface area contributed by atoms with Gasteiger partial charge in [0.1, 0.15) is 0 Å². The Labute approximate surface area is 110 Å². The maximum atomic E-state index is 11.3. The van der Waals surface area contributed by atoms with Crippen LogP contribution in [-0.4, -0.2) is 46.4 Å². The van der Waals surface area contributed by atoms with E-state index in [4.69, 9.17) is 4.74 Å². The molecule has 0 amide bonds. The number of hydrogen-bond donors (Lipinski definition) is 1. The first-order valence-electron chi connectivity index (χ1n) is 7.38. The molecule has 0 saturated carbocycles. The summed E-state index contributed by atoms with van der Waals surface area (Å²) in [7, 11) is 0. The molecule has 1 N–H and O–H groups in total. The van der Waals surface area contributed by atoms with Crippen molar-refractivity contribution in [2.45, 2.75) is 63.8 Å². The lowest BCUT2D eigenvalue weighted by Gasteiger charge is -2.46. The van der Waals surface area contributed by atoms with Gasteiger partial charge in [0.05, 0.1) is 16.8 Å². The van der Waals surface area contributed by atoms with Gasteiger partial charge in [0.2, 0.25) is 0 Å². The highest BCUT2D eigenvalue weighted by Gasteiger charge is 2.59. The van der Waals surface area contributed by atoms with Gasteiger partial charge in [-0.1, -0.05) is 0 Å². The molecule has 3 heteroatoms. The molecule has 4 atom stereocenters. The first-order valence-corrected chi connectivity index (χ1v) is 7.38. The first kappa shape index (κ1) is 12.9. The molecule has 104 valence electrons. The van der Waals surface area contributed by atoms with E-state index in [1.54, 1.807) is 0 Å². The molecular formula is C15H27NO2. The zero-order valence-electron chi connectivity index (χ0n) is 12.2. The number of piperidine rings is 1. The number of rotatable bonds is 1. The molecule has 3 aliphatic heterocycles. The van der Waals surface area contributed by atoms with Gasteiger partial charge in [-0.15, -0.1) is 0 Å². The number of nitrogens with zero attached hydrogens (tertiary/aromatic N) is 1. The minimum atomic E-state index is -0.510. The van der Waals surface area contributed by atoms with Crippen molar-refractivity contribution in [3.05, 3.63) is 0 Å². The smallest absolute Gasteiger partial charge is 0.0757 e. The Bertz CT molecular complexity index is 352. The summed E-state index contributed by atoms with van der Waals surface area (Å²) in [6.07, 6.45) is 3.06. The largest absolute Gasteiger partial charge is 0.389 e. The van der Waals surface area contributed by atoms with E-state index in [1.807, 2.05) is 0 Å². The summed E-state index contributed by atoms with van der Waals surface area (Å²) in [4.78, 5) is 2.49. The molecule has 18 heavy (non-hydrogen) atoms. The molecule has 3 saturated heterocycles. The molecule has 0 aromatic rings. The van der Waals surface area contributed by atoms with Crippen molar-refractivity contribution in [1.82, 2.24) is 4.90 Å². The molecule has 3 aliphatic rings. The van der Waals surface area contributed by atoms with E-state index in [2.05, 4.69) is 32.6 Å². The second-order valence-electron chi connectivity index (χ2n) is 7.75. The van der Waals surface area contributed by atoms with E-state index in [0.29, 0.717) is 5.92 Å². The molecule has 4 unspecified atom stereocenters. The van der Waals surface area contributed by atoms with Crippen molar-refractivity contribution < 1.29 is 9.84 Å². The maximum Gasteiger partial charge on any atom is 0.0757 e. The monoisotopic (exact) mass is 253 g/mol. The Morgan fingerprint density at radius 1 is 1.17 bits per heavy atom. The Kier molecular flexibility index (Phi) is 2.66. The first-order chi connectivity index (χ1) is 8.23. The van der Waals surface area contributed by atoms with Gasteiger partial charge in [0, 0.05) is 24.9 Å². The zero-order valence-corrected chi connectivity index (χ0v) is 12.2. The fourth-order valence-corrected chi connectivity index (χ4v) is 4.78. The van der Waals surface area contributed by atoms with Gasteiger partial charge in [0.15, 0.2) is 0 Å². The SMILES string of the molecule is CC1(C)CC(C2(O)CCN3CCC2C3)C(C)(C)O1. The van der Waals surface area contributed by atoms with Crippen molar-refractivity contribution in [2.75, 3.05) is 19.6 Å². The summed E-state index contributed by atoms with van der Waals surface area (Å²) < 4.78 is 6.20. The van der Waals surface area contributed by atoms with E-state index in [-0.39, 0.29) is 17.1 Å². The van der Waals surface area contributed by atoms with Crippen molar-refractivity contribution >= 4 is 0 Å². The maximum absolute atomic E-state index is 11.3. The van der Waals surface area contributed by atoms with Gasteiger partial charge in [-0.3, -0.25) is 0 Å². The van der Waals surface area contributed by atoms with Crippen LogP contribution in [0.4, 0.5) is 0 Å². The summed E-state index contributed by atoms with van der Waals surface area (Å²) >= 11 is 0. The van der Waals surface area contributed by atoms with Crippen molar-refractivity contribution in [2.24, 2.45) is 11.8 Å². The average Bonchev–Trinajstić information content (AvgIpc) is 2.73. The quantitative estimate of drug-likeness (QED) is 0.776. The molecule has 3 rings (SSSR count). The van der Waals surface area contributed by atoms with Crippen LogP contribution in [0.2, 0.25) is 0 Å². The van der Waals surface area contributed by atoms with Crippen LogP contribution in [0.3, 0.4) is 0 Å². The van der Waals surface area contributed by atoms with Crippen LogP contribution in [0, 0.1) is 11.8 Å². The van der Waals surface area contributed by atoms with Crippen LogP contribution >= 0.6 is 0 Å². The van der Waals surface area contributed by atoms with Crippen LogP contribution < -0.4 is 0 Å². The third-order valence-corrected chi connectivity index (χ3v) is 5.49. The topological polar surface area (TPSA) is 32.7 Å². The average molecular weight is 253 g/mol. The fraction of sp³-hybridized carbons (Fsp3) is 1.00. The van der Waals surface area contributed by atoms with Crippen LogP contribution in [0.15, 0.2) is 0 Å². The fourth-order valence-electron chi connectivity index (χ4n) is 4.78. The molecule has 0 aliphatic carbocycles. The predicted octanol–water partition coefficient (Wildman–Crippen LogP) is 2.04. The van der Waals surface area contributed by atoms with Gasteiger partial charge in [-0.05, 0) is 53.5 Å². The van der Waals surface area contributed by atoms with E-state index >= 15 is 0 Å². The summed E-state index contributed by atoms with van der Waals surface area (Å²) in [5.41, 5.74) is -0.813. The van der Waals surface area contributed by atoms with Gasteiger partial charge in [-0.25, -0.2) is 0 Å². The molecule has 0 aromatic heterocycles. The minimum absolute atomic E-state index is 0.0976. The highest BCUT2D eigenvalue weighted by atomic mass is 16.5. The van der Waals surface area contributed by atoms with Gasteiger partial charge >= 0.3 is 0 Å². The van der Waals surface area contributed by atoms with Crippen LogP contribution in [0.25, 0.3) is 0 Å². The van der Waals surface area contributed by atoms with Gasteiger partial charge < -0.3 is 14.7 Å². The molecule has 0 aromatic carbocycles. The van der Waals surface area contributed by atoms with E-state index in [0.717, 1.165) is 32.4 Å². The summed E-state index contributed by atoms with van der Waals surface area (Å²) in [6.45, 7) is 11.9. The predicted molar refractivity (Wildman–Crippen MR) is 71.5 cm³/mol. The lowest BCUT2D eigenvalue weighted by atomic mass is 9.66. The Hall–Kier alpha value is -0.120. The summed E-state index contributed by atoms with van der Waals surface area (Å²) in [5.74, 6) is 0.721. The van der Waals surface area contributed by atoms with Crippen molar-refractivity contribution in [1.29, 1.82) is 0 Å². The van der Waals surface area contributed by atoms with E-state index < -0.39 is 5.60 Å². The Balaban J connectivity index is 1.89. The number of hydrogen-bond acceptors (Lipinski definition) is 3. The van der Waals surface area contributed by atoms with Gasteiger partial charge in [0.25, 0.3) is 0 Å². The van der Waals surface area contributed by atoms with Crippen LogP contribution in [-0.2, 0) is 4.74 Å². The van der Waals surface area contributed by atoms with Crippen molar-refractivity contribution in [3.8, 4) is 0 Å². The molecular weight excluding hydrogens is 226 g/mol. The van der Waals surface area contributed by atoms with Crippen molar-refractivity contribution in [3.63, 3.8) is 0 Å². The molecule has 0 spiro atoms. The third kappa shape index (κ3) is 1.83. The molecule has 3 nitrogen and oxygen atoms in total. The second kappa shape index (κ2) is 3.71. The molecule has 0 radical (unpaired) electrons. The molecule has 3 heterocycles. The minimum Gasteiger partial charge on any atom is -0.389 e. The van der Waals surface area contributed by atoms with Crippen LogP contribution in [0.1, 0.15) is 47.0 Å².